The van der Waals surface area contributed by atoms with Crippen LogP contribution in [0.15, 0.2) is 0 Å². The van der Waals surface area contributed by atoms with Gasteiger partial charge in [-0.3, -0.25) is 0 Å². The summed E-state index contributed by atoms with van der Waals surface area (Å²) in [4.78, 5) is 7.56. The molecule has 72 valence electrons. The van der Waals surface area contributed by atoms with Crippen LogP contribution in [0.25, 0.3) is 0 Å². The van der Waals surface area contributed by atoms with Crippen LogP contribution in [0.4, 0.5) is 5.13 Å². The normalized spacial score (nSPS) is 21.3. The van der Waals surface area contributed by atoms with Crippen molar-refractivity contribution in [3.05, 3.63) is 10.6 Å². The predicted molar refractivity (Wildman–Crippen MR) is 54.3 cm³/mol. The number of aryl methyl sites for hydroxylation is 1. The molecule has 13 heavy (non-hydrogen) atoms. The number of aliphatic hydroxyl groups excluding tert-OH is 1. The SMILES string of the molecule is CN(C)c1nc2c(s1)C(O)CCC2. The number of nitrogens with zero attached hydrogens (tertiary/aromatic N) is 2. The fourth-order valence-electron chi connectivity index (χ4n) is 1.58. The number of fused-ring (bicyclic) bond motifs is 1. The summed E-state index contributed by atoms with van der Waals surface area (Å²) in [7, 11) is 3.97. The van der Waals surface area contributed by atoms with E-state index >= 15 is 0 Å². The van der Waals surface area contributed by atoms with Crippen LogP contribution in [0.2, 0.25) is 0 Å². The van der Waals surface area contributed by atoms with Gasteiger partial charge in [-0.25, -0.2) is 4.98 Å². The Morgan fingerprint density at radius 3 is 2.92 bits per heavy atom. The van der Waals surface area contributed by atoms with Crippen molar-refractivity contribution in [2.24, 2.45) is 0 Å². The van der Waals surface area contributed by atoms with E-state index in [4.69, 9.17) is 0 Å². The number of rotatable bonds is 1. The van der Waals surface area contributed by atoms with Gasteiger partial charge in [-0.05, 0) is 19.3 Å². The lowest BCUT2D eigenvalue weighted by atomic mass is 10.0. The van der Waals surface area contributed by atoms with Crippen LogP contribution in [0.1, 0.15) is 29.5 Å². The molecular weight excluding hydrogens is 184 g/mol. The molecule has 0 fully saturated rings. The highest BCUT2D eigenvalue weighted by Crippen LogP contribution is 2.36. The van der Waals surface area contributed by atoms with Gasteiger partial charge in [-0.2, -0.15) is 0 Å². The second-order valence-electron chi connectivity index (χ2n) is 3.61. The summed E-state index contributed by atoms with van der Waals surface area (Å²) in [5.74, 6) is 0. The van der Waals surface area contributed by atoms with Crippen LogP contribution in [0, 0.1) is 0 Å². The van der Waals surface area contributed by atoms with Gasteiger partial charge in [0.1, 0.15) is 0 Å². The number of aromatic nitrogens is 1. The van der Waals surface area contributed by atoms with Crippen molar-refractivity contribution in [2.45, 2.75) is 25.4 Å². The van der Waals surface area contributed by atoms with E-state index in [1.165, 1.54) is 0 Å². The fraction of sp³-hybridized carbons (Fsp3) is 0.667. The maximum Gasteiger partial charge on any atom is 0.185 e. The summed E-state index contributed by atoms with van der Waals surface area (Å²) in [6.45, 7) is 0. The Labute approximate surface area is 82.0 Å². The van der Waals surface area contributed by atoms with Gasteiger partial charge in [0.05, 0.1) is 16.7 Å². The minimum absolute atomic E-state index is 0.269. The minimum Gasteiger partial charge on any atom is -0.388 e. The highest BCUT2D eigenvalue weighted by atomic mass is 32.1. The van der Waals surface area contributed by atoms with Crippen LogP contribution in [0.3, 0.4) is 0 Å². The molecule has 0 aromatic carbocycles. The Kier molecular flexibility index (Phi) is 2.26. The summed E-state index contributed by atoms with van der Waals surface area (Å²) < 4.78 is 0. The molecule has 0 bridgehead atoms. The second-order valence-corrected chi connectivity index (χ2v) is 4.62. The van der Waals surface area contributed by atoms with Gasteiger partial charge in [0, 0.05) is 14.1 Å². The Morgan fingerprint density at radius 2 is 2.31 bits per heavy atom. The van der Waals surface area contributed by atoms with Crippen LogP contribution in [-0.4, -0.2) is 24.2 Å². The molecule has 1 aromatic heterocycles. The topological polar surface area (TPSA) is 36.4 Å². The second kappa shape index (κ2) is 3.27. The van der Waals surface area contributed by atoms with E-state index in [0.29, 0.717) is 0 Å². The lowest BCUT2D eigenvalue weighted by molar-refractivity contribution is 0.160. The molecule has 0 spiro atoms. The highest BCUT2D eigenvalue weighted by Gasteiger charge is 2.22. The van der Waals surface area contributed by atoms with Gasteiger partial charge in [-0.1, -0.05) is 11.3 Å². The van der Waals surface area contributed by atoms with Crippen LogP contribution in [-0.2, 0) is 6.42 Å². The molecule has 2 rings (SSSR count). The standard InChI is InChI=1S/C9H14N2OS/c1-11(2)9-10-6-4-3-5-7(12)8(6)13-9/h7,12H,3-5H2,1-2H3. The van der Waals surface area contributed by atoms with E-state index in [1.807, 2.05) is 19.0 Å². The van der Waals surface area contributed by atoms with E-state index in [1.54, 1.807) is 11.3 Å². The molecule has 1 unspecified atom stereocenters. The zero-order valence-electron chi connectivity index (χ0n) is 7.95. The Hall–Kier alpha value is -0.610. The summed E-state index contributed by atoms with van der Waals surface area (Å²) in [5, 5.41) is 10.7. The number of hydrogen-bond acceptors (Lipinski definition) is 4. The van der Waals surface area contributed by atoms with Crippen molar-refractivity contribution in [3.63, 3.8) is 0 Å². The Morgan fingerprint density at radius 1 is 1.54 bits per heavy atom. The van der Waals surface area contributed by atoms with Crippen molar-refractivity contribution in [1.82, 2.24) is 4.98 Å². The van der Waals surface area contributed by atoms with Crippen LogP contribution >= 0.6 is 11.3 Å². The molecule has 3 nitrogen and oxygen atoms in total. The van der Waals surface area contributed by atoms with E-state index < -0.39 is 0 Å². The molecule has 1 aliphatic rings. The van der Waals surface area contributed by atoms with E-state index in [9.17, 15) is 5.11 Å². The molecule has 0 amide bonds. The van der Waals surface area contributed by atoms with Gasteiger partial charge < -0.3 is 10.0 Å². The first kappa shape index (κ1) is 8.97. The summed E-state index contributed by atoms with van der Waals surface area (Å²) in [6, 6.07) is 0. The van der Waals surface area contributed by atoms with Gasteiger partial charge >= 0.3 is 0 Å². The number of aliphatic hydroxyl groups is 1. The first-order valence-corrected chi connectivity index (χ1v) is 5.35. The van der Waals surface area contributed by atoms with Crippen LogP contribution in [0.5, 0.6) is 0 Å². The van der Waals surface area contributed by atoms with Gasteiger partial charge in [0.25, 0.3) is 0 Å². The average molecular weight is 198 g/mol. The first-order valence-electron chi connectivity index (χ1n) is 4.53. The molecule has 1 N–H and O–H groups in total. The van der Waals surface area contributed by atoms with E-state index in [2.05, 4.69) is 4.98 Å². The average Bonchev–Trinajstić information content (AvgIpc) is 2.49. The summed E-state index contributed by atoms with van der Waals surface area (Å²) >= 11 is 1.62. The molecule has 1 aromatic rings. The zero-order chi connectivity index (χ0) is 9.42. The molecule has 0 radical (unpaired) electrons. The summed E-state index contributed by atoms with van der Waals surface area (Å²) in [6.07, 6.45) is 2.71. The van der Waals surface area contributed by atoms with E-state index in [-0.39, 0.29) is 6.10 Å². The first-order chi connectivity index (χ1) is 6.18. The zero-order valence-corrected chi connectivity index (χ0v) is 8.77. The third-order valence-electron chi connectivity index (χ3n) is 2.29. The lowest BCUT2D eigenvalue weighted by Crippen LogP contribution is -2.08. The third kappa shape index (κ3) is 1.56. The van der Waals surface area contributed by atoms with Crippen LogP contribution < -0.4 is 4.90 Å². The van der Waals surface area contributed by atoms with Crippen molar-refractivity contribution in [3.8, 4) is 0 Å². The molecule has 0 saturated carbocycles. The molecule has 1 atom stereocenters. The molecule has 4 heteroatoms. The fourth-order valence-corrected chi connectivity index (χ4v) is 2.63. The number of anilines is 1. The highest BCUT2D eigenvalue weighted by molar-refractivity contribution is 7.15. The maximum atomic E-state index is 9.71. The Balaban J connectivity index is 2.36. The van der Waals surface area contributed by atoms with Crippen molar-refractivity contribution in [1.29, 1.82) is 0 Å². The quantitative estimate of drug-likeness (QED) is 0.744. The monoisotopic (exact) mass is 198 g/mol. The molecular formula is C9H14N2OS. The van der Waals surface area contributed by atoms with E-state index in [0.717, 1.165) is 35.0 Å². The van der Waals surface area contributed by atoms with Gasteiger partial charge in [-0.15, -0.1) is 0 Å². The molecule has 0 aliphatic heterocycles. The third-order valence-corrected chi connectivity index (χ3v) is 3.66. The summed E-state index contributed by atoms with van der Waals surface area (Å²) in [5.41, 5.74) is 1.10. The Bertz CT molecular complexity index is 309. The van der Waals surface area contributed by atoms with Crippen molar-refractivity contribution in [2.75, 3.05) is 19.0 Å². The van der Waals surface area contributed by atoms with Crippen molar-refractivity contribution < 1.29 is 5.11 Å². The molecule has 0 saturated heterocycles. The maximum absolute atomic E-state index is 9.71. The molecule has 1 heterocycles. The number of hydrogen-bond donors (Lipinski definition) is 1. The molecule has 1 aliphatic carbocycles. The number of thiazole rings is 1. The largest absolute Gasteiger partial charge is 0.388 e. The predicted octanol–water partition coefficient (Wildman–Crippen LogP) is 1.58. The van der Waals surface area contributed by atoms with Crippen molar-refractivity contribution >= 4 is 16.5 Å². The lowest BCUT2D eigenvalue weighted by Gasteiger charge is -2.14. The van der Waals surface area contributed by atoms with Gasteiger partial charge in [0.15, 0.2) is 5.13 Å². The minimum atomic E-state index is -0.269. The smallest absolute Gasteiger partial charge is 0.185 e. The van der Waals surface area contributed by atoms with Gasteiger partial charge in [0.2, 0.25) is 0 Å².